The highest BCUT2D eigenvalue weighted by molar-refractivity contribution is 7.99. The van der Waals surface area contributed by atoms with Crippen molar-refractivity contribution in [1.29, 1.82) is 0 Å². The molecule has 0 saturated heterocycles. The van der Waals surface area contributed by atoms with E-state index >= 15 is 0 Å². The van der Waals surface area contributed by atoms with Crippen LogP contribution in [-0.2, 0) is 6.42 Å². The molecule has 0 saturated carbocycles. The van der Waals surface area contributed by atoms with Gasteiger partial charge in [-0.25, -0.2) is 0 Å². The average molecular weight is 237 g/mol. The Kier molecular flexibility index (Phi) is 4.13. The van der Waals surface area contributed by atoms with E-state index in [-0.39, 0.29) is 6.04 Å². The van der Waals surface area contributed by atoms with E-state index in [9.17, 15) is 0 Å². The van der Waals surface area contributed by atoms with E-state index in [1.54, 1.807) is 0 Å². The number of ether oxygens (including phenoxy) is 1. The Bertz CT molecular complexity index is 354. The minimum Gasteiger partial charge on any atom is -0.493 e. The molecule has 0 bridgehead atoms. The summed E-state index contributed by atoms with van der Waals surface area (Å²) in [4.78, 5) is 0. The predicted molar refractivity (Wildman–Crippen MR) is 70.2 cm³/mol. The summed E-state index contributed by atoms with van der Waals surface area (Å²) in [7, 11) is 0. The molecule has 0 aromatic heterocycles. The second-order valence-corrected chi connectivity index (χ2v) is 5.45. The second kappa shape index (κ2) is 5.60. The molecule has 0 amide bonds. The number of hydrogen-bond acceptors (Lipinski definition) is 3. The van der Waals surface area contributed by atoms with Gasteiger partial charge in [0.05, 0.1) is 6.61 Å². The Hall–Kier alpha value is -0.670. The van der Waals surface area contributed by atoms with Gasteiger partial charge in [0.25, 0.3) is 0 Å². The summed E-state index contributed by atoms with van der Waals surface area (Å²) in [6, 6.07) is 6.55. The van der Waals surface area contributed by atoms with Gasteiger partial charge in [0.15, 0.2) is 0 Å². The van der Waals surface area contributed by atoms with Gasteiger partial charge in [-0.05, 0) is 41.9 Å². The molecule has 1 atom stereocenters. The van der Waals surface area contributed by atoms with Crippen molar-refractivity contribution in [1.82, 2.24) is 0 Å². The standard InChI is InChI=1S/C13H19NOS/c1-2-16-8-7-15-11-4-5-12-10(9-11)3-6-13(12)14/h4-5,9,13H,2-3,6-8,14H2,1H3. The largest absolute Gasteiger partial charge is 0.493 e. The third kappa shape index (κ3) is 2.71. The van der Waals surface area contributed by atoms with Gasteiger partial charge in [-0.1, -0.05) is 13.0 Å². The normalized spacial score (nSPS) is 18.5. The first kappa shape index (κ1) is 11.8. The molecule has 1 aliphatic carbocycles. The summed E-state index contributed by atoms with van der Waals surface area (Å²) in [5.41, 5.74) is 8.66. The number of nitrogens with two attached hydrogens (primary N) is 1. The number of benzene rings is 1. The van der Waals surface area contributed by atoms with Crippen LogP contribution in [0.3, 0.4) is 0 Å². The van der Waals surface area contributed by atoms with Crippen molar-refractivity contribution in [3.05, 3.63) is 29.3 Å². The van der Waals surface area contributed by atoms with Crippen LogP contribution in [0.2, 0.25) is 0 Å². The Balaban J connectivity index is 1.92. The van der Waals surface area contributed by atoms with E-state index in [1.165, 1.54) is 11.1 Å². The number of rotatable bonds is 5. The number of aryl methyl sites for hydroxylation is 1. The lowest BCUT2D eigenvalue weighted by Crippen LogP contribution is -2.05. The zero-order chi connectivity index (χ0) is 11.4. The molecule has 0 aliphatic heterocycles. The molecule has 88 valence electrons. The highest BCUT2D eigenvalue weighted by Crippen LogP contribution is 2.31. The first-order valence-corrected chi connectivity index (χ1v) is 7.05. The summed E-state index contributed by atoms with van der Waals surface area (Å²) in [6.45, 7) is 2.96. The average Bonchev–Trinajstić information content (AvgIpc) is 2.66. The van der Waals surface area contributed by atoms with Crippen LogP contribution < -0.4 is 10.5 Å². The summed E-state index contributed by atoms with van der Waals surface area (Å²) in [6.07, 6.45) is 2.17. The number of fused-ring (bicyclic) bond motifs is 1. The maximum atomic E-state index is 5.99. The third-order valence-corrected chi connectivity index (χ3v) is 3.80. The maximum Gasteiger partial charge on any atom is 0.119 e. The fourth-order valence-corrected chi connectivity index (χ4v) is 2.57. The first-order chi connectivity index (χ1) is 7.81. The van der Waals surface area contributed by atoms with E-state index in [2.05, 4.69) is 19.1 Å². The van der Waals surface area contributed by atoms with E-state index in [1.807, 2.05) is 17.8 Å². The maximum absolute atomic E-state index is 5.99. The van der Waals surface area contributed by atoms with E-state index < -0.39 is 0 Å². The van der Waals surface area contributed by atoms with E-state index in [4.69, 9.17) is 10.5 Å². The van der Waals surface area contributed by atoms with Crippen molar-refractivity contribution in [3.63, 3.8) is 0 Å². The van der Waals surface area contributed by atoms with Gasteiger partial charge in [0.1, 0.15) is 5.75 Å². The molecule has 3 heteroatoms. The first-order valence-electron chi connectivity index (χ1n) is 5.90. The molecule has 1 aromatic carbocycles. The zero-order valence-corrected chi connectivity index (χ0v) is 10.6. The van der Waals surface area contributed by atoms with Gasteiger partial charge in [0, 0.05) is 11.8 Å². The molecule has 0 spiro atoms. The molecule has 1 aliphatic rings. The summed E-state index contributed by atoms with van der Waals surface area (Å²) >= 11 is 1.91. The molecule has 2 N–H and O–H groups in total. The van der Waals surface area contributed by atoms with Crippen LogP contribution in [0.5, 0.6) is 5.75 Å². The summed E-state index contributed by atoms with van der Waals surface area (Å²) in [5.74, 6) is 3.21. The van der Waals surface area contributed by atoms with Gasteiger partial charge < -0.3 is 10.5 Å². The number of hydrogen-bond donors (Lipinski definition) is 1. The highest BCUT2D eigenvalue weighted by atomic mass is 32.2. The minimum atomic E-state index is 0.236. The van der Waals surface area contributed by atoms with Crippen molar-refractivity contribution < 1.29 is 4.74 Å². The topological polar surface area (TPSA) is 35.2 Å². The summed E-state index contributed by atoms with van der Waals surface area (Å²) in [5, 5.41) is 0. The van der Waals surface area contributed by atoms with Crippen molar-refractivity contribution in [2.24, 2.45) is 5.73 Å². The monoisotopic (exact) mass is 237 g/mol. The van der Waals surface area contributed by atoms with Crippen LogP contribution in [0.15, 0.2) is 18.2 Å². The Labute approximate surface area is 102 Å². The van der Waals surface area contributed by atoms with E-state index in [0.29, 0.717) is 0 Å². The molecule has 0 fully saturated rings. The lowest BCUT2D eigenvalue weighted by atomic mass is 10.1. The van der Waals surface area contributed by atoms with Crippen LogP contribution in [-0.4, -0.2) is 18.1 Å². The van der Waals surface area contributed by atoms with Crippen LogP contribution in [0.1, 0.15) is 30.5 Å². The summed E-state index contributed by atoms with van der Waals surface area (Å²) < 4.78 is 5.71. The van der Waals surface area contributed by atoms with Crippen molar-refractivity contribution >= 4 is 11.8 Å². The second-order valence-electron chi connectivity index (χ2n) is 4.05. The van der Waals surface area contributed by atoms with Crippen LogP contribution in [0, 0.1) is 0 Å². The number of thioether (sulfide) groups is 1. The van der Waals surface area contributed by atoms with Gasteiger partial charge >= 0.3 is 0 Å². The van der Waals surface area contributed by atoms with Crippen LogP contribution >= 0.6 is 11.8 Å². The molecule has 2 nitrogen and oxygen atoms in total. The predicted octanol–water partition coefficient (Wildman–Crippen LogP) is 2.76. The van der Waals surface area contributed by atoms with Gasteiger partial charge in [-0.2, -0.15) is 11.8 Å². The molecule has 2 rings (SSSR count). The lowest BCUT2D eigenvalue weighted by molar-refractivity contribution is 0.343. The van der Waals surface area contributed by atoms with Gasteiger partial charge in [-0.15, -0.1) is 0 Å². The van der Waals surface area contributed by atoms with E-state index in [0.717, 1.165) is 36.7 Å². The van der Waals surface area contributed by atoms with Gasteiger partial charge in [0.2, 0.25) is 0 Å². The third-order valence-electron chi connectivity index (χ3n) is 2.94. The smallest absolute Gasteiger partial charge is 0.119 e. The van der Waals surface area contributed by atoms with Crippen molar-refractivity contribution in [2.45, 2.75) is 25.8 Å². The van der Waals surface area contributed by atoms with Gasteiger partial charge in [-0.3, -0.25) is 0 Å². The SMILES string of the molecule is CCSCCOc1ccc2c(c1)CCC2N. The molecule has 0 radical (unpaired) electrons. The highest BCUT2D eigenvalue weighted by Gasteiger charge is 2.18. The molecule has 0 heterocycles. The zero-order valence-electron chi connectivity index (χ0n) is 9.74. The molecule has 1 unspecified atom stereocenters. The Morgan fingerprint density at radius 2 is 2.38 bits per heavy atom. The van der Waals surface area contributed by atoms with Crippen molar-refractivity contribution in [2.75, 3.05) is 18.1 Å². The lowest BCUT2D eigenvalue weighted by Gasteiger charge is -2.09. The van der Waals surface area contributed by atoms with Crippen molar-refractivity contribution in [3.8, 4) is 5.75 Å². The Morgan fingerprint density at radius 3 is 3.19 bits per heavy atom. The molecule has 1 aromatic rings. The molecular formula is C13H19NOS. The van der Waals surface area contributed by atoms with Crippen LogP contribution in [0.25, 0.3) is 0 Å². The quantitative estimate of drug-likeness (QED) is 0.800. The Morgan fingerprint density at radius 1 is 1.50 bits per heavy atom. The van der Waals surface area contributed by atoms with Crippen LogP contribution in [0.4, 0.5) is 0 Å². The fourth-order valence-electron chi connectivity index (χ4n) is 2.08. The minimum absolute atomic E-state index is 0.236. The molecule has 16 heavy (non-hydrogen) atoms. The molecular weight excluding hydrogens is 218 g/mol. The fraction of sp³-hybridized carbons (Fsp3) is 0.538.